The molecule has 0 amide bonds. The van der Waals surface area contributed by atoms with Gasteiger partial charge >= 0.3 is 6.18 Å². The molecule has 0 fully saturated rings. The smallest absolute Gasteiger partial charge is 0.433 e. The number of hydrogen-bond acceptors (Lipinski definition) is 3. The first-order chi connectivity index (χ1) is 8.31. The van der Waals surface area contributed by atoms with Crippen molar-refractivity contribution in [1.82, 2.24) is 4.98 Å². The quantitative estimate of drug-likeness (QED) is 0.789. The van der Waals surface area contributed by atoms with Crippen LogP contribution in [0.5, 0.6) is 5.75 Å². The van der Waals surface area contributed by atoms with Gasteiger partial charge in [-0.2, -0.15) is 18.4 Å². The van der Waals surface area contributed by atoms with E-state index in [1.54, 1.807) is 0 Å². The van der Waals surface area contributed by atoms with E-state index in [-0.39, 0.29) is 0 Å². The minimum atomic E-state index is -4.90. The fraction of sp³-hybridized carbons (Fsp3) is 0.400. The standard InChI is InChI=1S/C10H7F5N2O/c1-18-6-4-5(2-3-16)8(10(13,14)15)17-7(6)9(11)12/h4,9H,2H2,1H3. The zero-order valence-electron chi connectivity index (χ0n) is 9.05. The van der Waals surface area contributed by atoms with E-state index in [0.717, 1.165) is 13.2 Å². The molecular formula is C10H7F5N2O. The highest BCUT2D eigenvalue weighted by Crippen LogP contribution is 2.36. The average molecular weight is 266 g/mol. The summed E-state index contributed by atoms with van der Waals surface area (Å²) in [7, 11) is 1.03. The number of ether oxygens (including phenoxy) is 1. The summed E-state index contributed by atoms with van der Waals surface area (Å²) in [6.45, 7) is 0. The Balaban J connectivity index is 3.48. The van der Waals surface area contributed by atoms with Crippen molar-refractivity contribution in [2.45, 2.75) is 19.0 Å². The molecule has 98 valence electrons. The molecule has 0 radical (unpaired) electrons. The summed E-state index contributed by atoms with van der Waals surface area (Å²) in [5, 5.41) is 8.42. The lowest BCUT2D eigenvalue weighted by Crippen LogP contribution is -2.14. The SMILES string of the molecule is COc1cc(CC#N)c(C(F)(F)F)nc1C(F)F. The highest BCUT2D eigenvalue weighted by atomic mass is 19.4. The third-order valence-electron chi connectivity index (χ3n) is 2.06. The molecule has 0 saturated heterocycles. The van der Waals surface area contributed by atoms with Crippen LogP contribution in [0.15, 0.2) is 6.07 Å². The van der Waals surface area contributed by atoms with E-state index in [1.807, 2.05) is 0 Å². The molecule has 18 heavy (non-hydrogen) atoms. The Hall–Kier alpha value is -1.91. The number of hydrogen-bond donors (Lipinski definition) is 0. The zero-order valence-corrected chi connectivity index (χ0v) is 9.05. The Morgan fingerprint density at radius 2 is 2.06 bits per heavy atom. The van der Waals surface area contributed by atoms with Crippen molar-refractivity contribution in [2.75, 3.05) is 7.11 Å². The summed E-state index contributed by atoms with van der Waals surface area (Å²) in [5.74, 6) is -0.469. The van der Waals surface area contributed by atoms with Crippen molar-refractivity contribution >= 4 is 0 Å². The van der Waals surface area contributed by atoms with Crippen molar-refractivity contribution in [3.8, 4) is 11.8 Å². The third kappa shape index (κ3) is 2.85. The van der Waals surface area contributed by atoms with E-state index in [1.165, 1.54) is 6.07 Å². The van der Waals surface area contributed by atoms with Gasteiger partial charge in [-0.1, -0.05) is 0 Å². The van der Waals surface area contributed by atoms with E-state index in [4.69, 9.17) is 5.26 Å². The lowest BCUT2D eigenvalue weighted by Gasteiger charge is -2.14. The zero-order chi connectivity index (χ0) is 13.9. The molecule has 1 aromatic rings. The second-order valence-corrected chi connectivity index (χ2v) is 3.22. The van der Waals surface area contributed by atoms with Gasteiger partial charge in [-0.05, 0) is 6.07 Å². The molecule has 0 aliphatic heterocycles. The normalized spacial score (nSPS) is 11.4. The summed E-state index contributed by atoms with van der Waals surface area (Å²) in [6, 6.07) is 2.28. The maximum absolute atomic E-state index is 12.6. The van der Waals surface area contributed by atoms with Gasteiger partial charge in [0.05, 0.1) is 19.6 Å². The van der Waals surface area contributed by atoms with Crippen LogP contribution in [0.4, 0.5) is 22.0 Å². The number of pyridine rings is 1. The second kappa shape index (κ2) is 5.16. The maximum Gasteiger partial charge on any atom is 0.433 e. The van der Waals surface area contributed by atoms with Gasteiger partial charge in [0, 0.05) is 5.56 Å². The molecule has 3 nitrogen and oxygen atoms in total. The maximum atomic E-state index is 12.6. The van der Waals surface area contributed by atoms with Crippen molar-refractivity contribution in [3.63, 3.8) is 0 Å². The van der Waals surface area contributed by atoms with Crippen molar-refractivity contribution in [1.29, 1.82) is 5.26 Å². The molecule has 8 heteroatoms. The molecule has 0 spiro atoms. The molecule has 1 rings (SSSR count). The number of alkyl halides is 5. The van der Waals surface area contributed by atoms with Crippen molar-refractivity contribution in [3.05, 3.63) is 23.0 Å². The highest BCUT2D eigenvalue weighted by molar-refractivity contribution is 5.38. The monoisotopic (exact) mass is 266 g/mol. The van der Waals surface area contributed by atoms with E-state index in [0.29, 0.717) is 0 Å². The van der Waals surface area contributed by atoms with Crippen LogP contribution in [-0.2, 0) is 12.6 Å². The summed E-state index contributed by atoms with van der Waals surface area (Å²) in [5.41, 5.74) is -3.07. The van der Waals surface area contributed by atoms with Gasteiger partial charge in [0.25, 0.3) is 6.43 Å². The Morgan fingerprint density at radius 3 is 2.44 bits per heavy atom. The summed E-state index contributed by atoms with van der Waals surface area (Å²) >= 11 is 0. The summed E-state index contributed by atoms with van der Waals surface area (Å²) < 4.78 is 67.4. The van der Waals surface area contributed by atoms with Gasteiger partial charge in [0.1, 0.15) is 17.1 Å². The molecule has 0 unspecified atom stereocenters. The van der Waals surface area contributed by atoms with Crippen LogP contribution < -0.4 is 4.74 Å². The number of rotatable bonds is 3. The first-order valence-corrected chi connectivity index (χ1v) is 4.61. The molecule has 1 aromatic heterocycles. The Labute approximate surface area is 98.8 Å². The van der Waals surface area contributed by atoms with E-state index >= 15 is 0 Å². The van der Waals surface area contributed by atoms with Gasteiger partial charge < -0.3 is 4.74 Å². The molecule has 1 heterocycles. The minimum Gasteiger partial charge on any atom is -0.495 e. The molecule has 0 aliphatic carbocycles. The average Bonchev–Trinajstić information content (AvgIpc) is 2.26. The lowest BCUT2D eigenvalue weighted by atomic mass is 10.1. The third-order valence-corrected chi connectivity index (χ3v) is 2.06. The van der Waals surface area contributed by atoms with Crippen molar-refractivity contribution in [2.24, 2.45) is 0 Å². The second-order valence-electron chi connectivity index (χ2n) is 3.22. The van der Waals surface area contributed by atoms with Crippen LogP contribution in [0.2, 0.25) is 0 Å². The first-order valence-electron chi connectivity index (χ1n) is 4.61. The largest absolute Gasteiger partial charge is 0.495 e. The predicted octanol–water partition coefficient (Wildman–Crippen LogP) is 3.11. The fourth-order valence-electron chi connectivity index (χ4n) is 1.33. The Bertz CT molecular complexity index is 478. The number of halogens is 5. The number of aromatic nitrogens is 1. The van der Waals surface area contributed by atoms with E-state index < -0.39 is 41.7 Å². The molecule has 0 bridgehead atoms. The molecule has 0 saturated carbocycles. The summed E-state index contributed by atoms with van der Waals surface area (Å²) in [4.78, 5) is 2.88. The number of nitriles is 1. The Kier molecular flexibility index (Phi) is 4.06. The van der Waals surface area contributed by atoms with Gasteiger partial charge in [-0.25, -0.2) is 13.8 Å². The highest BCUT2D eigenvalue weighted by Gasteiger charge is 2.37. The predicted molar refractivity (Wildman–Crippen MR) is 50.1 cm³/mol. The van der Waals surface area contributed by atoms with Crippen LogP contribution in [0.3, 0.4) is 0 Å². The molecule has 0 N–H and O–H groups in total. The Morgan fingerprint density at radius 1 is 1.44 bits per heavy atom. The molecule has 0 aliphatic rings. The van der Waals surface area contributed by atoms with E-state index in [9.17, 15) is 22.0 Å². The minimum absolute atomic E-state index is 0.469. The van der Waals surface area contributed by atoms with Crippen LogP contribution in [0.25, 0.3) is 0 Å². The lowest BCUT2D eigenvalue weighted by molar-refractivity contribution is -0.142. The number of methoxy groups -OCH3 is 1. The topological polar surface area (TPSA) is 45.9 Å². The van der Waals surface area contributed by atoms with Crippen molar-refractivity contribution < 1.29 is 26.7 Å². The van der Waals surface area contributed by atoms with E-state index in [2.05, 4.69) is 9.72 Å². The number of nitrogens with zero attached hydrogens (tertiary/aromatic N) is 2. The van der Waals surface area contributed by atoms with Crippen LogP contribution >= 0.6 is 0 Å². The summed E-state index contributed by atoms with van der Waals surface area (Å²) in [6.07, 6.45) is -8.69. The van der Waals surface area contributed by atoms with Gasteiger partial charge in [0.2, 0.25) is 0 Å². The first kappa shape index (κ1) is 14.2. The molecule has 0 aromatic carbocycles. The van der Waals surface area contributed by atoms with Gasteiger partial charge in [0.15, 0.2) is 0 Å². The van der Waals surface area contributed by atoms with Crippen LogP contribution in [-0.4, -0.2) is 12.1 Å². The molecular weight excluding hydrogens is 259 g/mol. The fourth-order valence-corrected chi connectivity index (χ4v) is 1.33. The van der Waals surface area contributed by atoms with Gasteiger partial charge in [-0.15, -0.1) is 0 Å². The van der Waals surface area contributed by atoms with Crippen LogP contribution in [0.1, 0.15) is 23.4 Å². The molecule has 0 atom stereocenters. The van der Waals surface area contributed by atoms with Gasteiger partial charge in [-0.3, -0.25) is 0 Å². The van der Waals surface area contributed by atoms with Crippen LogP contribution in [0, 0.1) is 11.3 Å².